The lowest BCUT2D eigenvalue weighted by molar-refractivity contribution is -0.109. The molecule has 1 atom stereocenters. The number of hydrogen-bond acceptors (Lipinski definition) is 3. The lowest BCUT2D eigenvalue weighted by Crippen LogP contribution is -2.38. The second-order valence-corrected chi connectivity index (χ2v) is 4.06. The zero-order valence-corrected chi connectivity index (χ0v) is 7.72. The Hall–Kier alpha value is -0.120. The molecule has 0 saturated carbocycles. The molecular formula is C8H18O3. The summed E-state index contributed by atoms with van der Waals surface area (Å²) in [5.74, 6) is 0. The van der Waals surface area contributed by atoms with Crippen molar-refractivity contribution in [2.24, 2.45) is 0 Å². The van der Waals surface area contributed by atoms with E-state index in [0.29, 0.717) is 0 Å². The van der Waals surface area contributed by atoms with Gasteiger partial charge in [-0.25, -0.2) is 0 Å². The van der Waals surface area contributed by atoms with E-state index in [1.165, 1.54) is 0 Å². The molecule has 2 N–H and O–H groups in total. The standard InChI is InChI=1S/C8H18O3/c1-7(2,3)11-6-8(4,10)5-9/h9-10H,5-6H2,1-4H3. The SMILES string of the molecule is CC(O)(CO)COC(C)(C)C. The Morgan fingerprint density at radius 1 is 1.18 bits per heavy atom. The highest BCUT2D eigenvalue weighted by Gasteiger charge is 2.22. The first-order valence-electron chi connectivity index (χ1n) is 3.74. The average Bonchev–Trinajstić information content (AvgIpc) is 1.83. The van der Waals surface area contributed by atoms with Crippen molar-refractivity contribution in [3.8, 4) is 0 Å². The van der Waals surface area contributed by atoms with E-state index in [2.05, 4.69) is 0 Å². The maximum absolute atomic E-state index is 9.31. The largest absolute Gasteiger partial charge is 0.393 e. The summed E-state index contributed by atoms with van der Waals surface area (Å²) < 4.78 is 5.28. The molecule has 11 heavy (non-hydrogen) atoms. The van der Waals surface area contributed by atoms with E-state index in [0.717, 1.165) is 0 Å². The Bertz CT molecular complexity index is 113. The summed E-state index contributed by atoms with van der Waals surface area (Å²) in [7, 11) is 0. The number of aliphatic hydroxyl groups excluding tert-OH is 1. The zero-order valence-electron chi connectivity index (χ0n) is 7.72. The molecule has 3 heteroatoms. The van der Waals surface area contributed by atoms with E-state index >= 15 is 0 Å². The van der Waals surface area contributed by atoms with Crippen LogP contribution in [0.25, 0.3) is 0 Å². The number of hydrogen-bond donors (Lipinski definition) is 2. The van der Waals surface area contributed by atoms with Crippen molar-refractivity contribution in [2.45, 2.75) is 38.9 Å². The molecule has 0 aliphatic heterocycles. The van der Waals surface area contributed by atoms with Crippen molar-refractivity contribution in [2.75, 3.05) is 13.2 Å². The maximum atomic E-state index is 9.31. The number of rotatable bonds is 3. The number of aliphatic hydroxyl groups is 2. The molecule has 0 bridgehead atoms. The van der Waals surface area contributed by atoms with Crippen LogP contribution in [0.5, 0.6) is 0 Å². The zero-order chi connectivity index (χ0) is 9.12. The minimum atomic E-state index is -1.12. The van der Waals surface area contributed by atoms with Crippen molar-refractivity contribution < 1.29 is 14.9 Å². The molecule has 0 rings (SSSR count). The summed E-state index contributed by atoms with van der Waals surface area (Å²) in [6, 6.07) is 0. The summed E-state index contributed by atoms with van der Waals surface area (Å²) in [5, 5.41) is 18.0. The van der Waals surface area contributed by atoms with E-state index in [9.17, 15) is 5.11 Å². The third-order valence-electron chi connectivity index (χ3n) is 1.16. The topological polar surface area (TPSA) is 49.7 Å². The van der Waals surface area contributed by atoms with Crippen LogP contribution in [0, 0.1) is 0 Å². The highest BCUT2D eigenvalue weighted by Crippen LogP contribution is 2.11. The average molecular weight is 162 g/mol. The smallest absolute Gasteiger partial charge is 0.108 e. The van der Waals surface area contributed by atoms with Crippen molar-refractivity contribution in [3.05, 3.63) is 0 Å². The normalized spacial score (nSPS) is 18.0. The predicted molar refractivity (Wildman–Crippen MR) is 43.4 cm³/mol. The fraction of sp³-hybridized carbons (Fsp3) is 1.00. The van der Waals surface area contributed by atoms with Crippen molar-refractivity contribution in [1.29, 1.82) is 0 Å². The van der Waals surface area contributed by atoms with Gasteiger partial charge >= 0.3 is 0 Å². The van der Waals surface area contributed by atoms with E-state index in [1.54, 1.807) is 6.92 Å². The van der Waals surface area contributed by atoms with Gasteiger partial charge in [0.15, 0.2) is 0 Å². The Morgan fingerprint density at radius 3 is 1.91 bits per heavy atom. The summed E-state index contributed by atoms with van der Waals surface area (Å²) in [5.41, 5.74) is -1.38. The molecule has 0 aliphatic carbocycles. The van der Waals surface area contributed by atoms with Crippen LogP contribution in [0.1, 0.15) is 27.7 Å². The van der Waals surface area contributed by atoms with Gasteiger partial charge in [-0.2, -0.15) is 0 Å². The predicted octanol–water partition coefficient (Wildman–Crippen LogP) is 0.545. The van der Waals surface area contributed by atoms with Gasteiger partial charge in [0, 0.05) is 0 Å². The van der Waals surface area contributed by atoms with Gasteiger partial charge in [0.05, 0.1) is 18.8 Å². The van der Waals surface area contributed by atoms with Crippen LogP contribution in [0.3, 0.4) is 0 Å². The fourth-order valence-electron chi connectivity index (χ4n) is 0.418. The third-order valence-corrected chi connectivity index (χ3v) is 1.16. The van der Waals surface area contributed by atoms with Gasteiger partial charge in [0.1, 0.15) is 5.60 Å². The van der Waals surface area contributed by atoms with Crippen LogP contribution in [0.4, 0.5) is 0 Å². The van der Waals surface area contributed by atoms with Gasteiger partial charge in [-0.3, -0.25) is 0 Å². The lowest BCUT2D eigenvalue weighted by Gasteiger charge is -2.26. The molecule has 0 radical (unpaired) electrons. The van der Waals surface area contributed by atoms with Gasteiger partial charge in [0.2, 0.25) is 0 Å². The molecule has 0 aromatic carbocycles. The van der Waals surface area contributed by atoms with Crippen LogP contribution in [0.15, 0.2) is 0 Å². The first-order chi connectivity index (χ1) is 4.77. The highest BCUT2D eigenvalue weighted by molar-refractivity contribution is 4.72. The maximum Gasteiger partial charge on any atom is 0.108 e. The minimum absolute atomic E-state index is 0.160. The summed E-state index contributed by atoms with van der Waals surface area (Å²) >= 11 is 0. The minimum Gasteiger partial charge on any atom is -0.393 e. The van der Waals surface area contributed by atoms with Crippen LogP contribution < -0.4 is 0 Å². The molecule has 0 aliphatic rings. The first kappa shape index (κ1) is 10.9. The van der Waals surface area contributed by atoms with Crippen LogP contribution >= 0.6 is 0 Å². The molecule has 0 spiro atoms. The van der Waals surface area contributed by atoms with E-state index < -0.39 is 5.60 Å². The van der Waals surface area contributed by atoms with Gasteiger partial charge in [-0.15, -0.1) is 0 Å². The molecule has 0 aromatic heterocycles. The quantitative estimate of drug-likeness (QED) is 0.637. The molecule has 68 valence electrons. The van der Waals surface area contributed by atoms with Crippen molar-refractivity contribution >= 4 is 0 Å². The van der Waals surface area contributed by atoms with E-state index in [1.807, 2.05) is 20.8 Å². The second-order valence-electron chi connectivity index (χ2n) is 4.06. The van der Waals surface area contributed by atoms with Crippen LogP contribution in [0.2, 0.25) is 0 Å². The molecule has 3 nitrogen and oxygen atoms in total. The molecule has 0 fully saturated rings. The van der Waals surface area contributed by atoms with E-state index in [4.69, 9.17) is 9.84 Å². The van der Waals surface area contributed by atoms with Gasteiger partial charge in [-0.1, -0.05) is 0 Å². The van der Waals surface area contributed by atoms with Crippen molar-refractivity contribution in [1.82, 2.24) is 0 Å². The highest BCUT2D eigenvalue weighted by atomic mass is 16.5. The number of ether oxygens (including phenoxy) is 1. The molecule has 0 heterocycles. The van der Waals surface area contributed by atoms with Gasteiger partial charge in [0.25, 0.3) is 0 Å². The van der Waals surface area contributed by atoms with Crippen molar-refractivity contribution in [3.63, 3.8) is 0 Å². The molecule has 1 unspecified atom stereocenters. The fourth-order valence-corrected chi connectivity index (χ4v) is 0.418. The Kier molecular flexibility index (Phi) is 3.48. The molecule has 0 aromatic rings. The van der Waals surface area contributed by atoms with Crippen LogP contribution in [-0.4, -0.2) is 34.6 Å². The Labute approximate surface area is 68.0 Å². The molecule has 0 amide bonds. The Balaban J connectivity index is 3.70. The Morgan fingerprint density at radius 2 is 1.64 bits per heavy atom. The van der Waals surface area contributed by atoms with Gasteiger partial charge < -0.3 is 14.9 Å². The second kappa shape index (κ2) is 3.52. The van der Waals surface area contributed by atoms with Gasteiger partial charge in [-0.05, 0) is 27.7 Å². The lowest BCUT2D eigenvalue weighted by atomic mass is 10.1. The summed E-state index contributed by atoms with van der Waals surface area (Å²) in [6.07, 6.45) is 0. The first-order valence-corrected chi connectivity index (χ1v) is 3.74. The molecule has 0 saturated heterocycles. The van der Waals surface area contributed by atoms with E-state index in [-0.39, 0.29) is 18.8 Å². The summed E-state index contributed by atoms with van der Waals surface area (Å²) in [4.78, 5) is 0. The van der Waals surface area contributed by atoms with Crippen LogP contribution in [-0.2, 0) is 4.74 Å². The monoisotopic (exact) mass is 162 g/mol. The summed E-state index contributed by atoms with van der Waals surface area (Å²) in [6.45, 7) is 7.14. The molecular weight excluding hydrogens is 144 g/mol. The third kappa shape index (κ3) is 6.28.